The van der Waals surface area contributed by atoms with Gasteiger partial charge >= 0.3 is 6.18 Å². The van der Waals surface area contributed by atoms with E-state index in [4.69, 9.17) is 4.74 Å². The third-order valence-electron chi connectivity index (χ3n) is 3.45. The molecule has 0 radical (unpaired) electrons. The molecule has 1 aromatic rings. The van der Waals surface area contributed by atoms with Crippen LogP contribution < -0.4 is 5.32 Å². The first-order valence-electron chi connectivity index (χ1n) is 7.26. The lowest BCUT2D eigenvalue weighted by Crippen LogP contribution is -2.28. The minimum Gasteiger partial charge on any atom is -0.368 e. The van der Waals surface area contributed by atoms with Crippen LogP contribution in [0.5, 0.6) is 0 Å². The van der Waals surface area contributed by atoms with Gasteiger partial charge in [-0.3, -0.25) is 0 Å². The number of halogens is 3. The molecule has 0 amide bonds. The lowest BCUT2D eigenvalue weighted by molar-refractivity contribution is -0.141. The second-order valence-electron chi connectivity index (χ2n) is 4.70. The van der Waals surface area contributed by atoms with Crippen LogP contribution in [-0.4, -0.2) is 18.1 Å². The van der Waals surface area contributed by atoms with E-state index in [0.29, 0.717) is 31.0 Å². The van der Waals surface area contributed by atoms with Crippen molar-refractivity contribution >= 4 is 11.3 Å². The Bertz CT molecular complexity index is 442. The summed E-state index contributed by atoms with van der Waals surface area (Å²) in [6.45, 7) is 8.78. The van der Waals surface area contributed by atoms with Gasteiger partial charge < -0.3 is 10.1 Å². The molecular formula is C14H23F3N2OS. The van der Waals surface area contributed by atoms with E-state index in [9.17, 15) is 13.2 Å². The van der Waals surface area contributed by atoms with Crippen LogP contribution >= 0.6 is 11.3 Å². The van der Waals surface area contributed by atoms with Crippen molar-refractivity contribution in [1.29, 1.82) is 0 Å². The smallest absolute Gasteiger partial charge is 0.368 e. The van der Waals surface area contributed by atoms with Gasteiger partial charge in [-0.05, 0) is 26.3 Å². The van der Waals surface area contributed by atoms with E-state index in [0.717, 1.165) is 11.3 Å². The third-order valence-corrected chi connectivity index (χ3v) is 4.69. The number of alkyl halides is 3. The molecule has 0 aliphatic rings. The highest BCUT2D eigenvalue weighted by molar-refractivity contribution is 7.11. The molecule has 0 spiro atoms. The molecule has 0 unspecified atom stereocenters. The van der Waals surface area contributed by atoms with Crippen LogP contribution in [0.15, 0.2) is 0 Å². The van der Waals surface area contributed by atoms with Crippen LogP contribution in [0.1, 0.15) is 56.1 Å². The Balaban J connectivity index is 3.27. The molecule has 1 rings (SSSR count). The molecule has 0 atom stereocenters. The molecule has 1 heterocycles. The van der Waals surface area contributed by atoms with E-state index >= 15 is 0 Å². The second kappa shape index (κ2) is 7.56. The van der Waals surface area contributed by atoms with Gasteiger partial charge in [-0.25, -0.2) is 4.98 Å². The maximum absolute atomic E-state index is 13.1. The topological polar surface area (TPSA) is 34.1 Å². The molecule has 0 bridgehead atoms. The Morgan fingerprint density at radius 3 is 2.19 bits per heavy atom. The average molecular weight is 324 g/mol. The predicted molar refractivity (Wildman–Crippen MR) is 78.4 cm³/mol. The standard InChI is InChI=1S/C14H23F3N2OS/c1-5-13(6-2,20-8-4)12-19-11(14(15,16)17)10(21-12)9-18-7-3/h18H,5-9H2,1-4H3. The van der Waals surface area contributed by atoms with Crippen molar-refractivity contribution in [3.05, 3.63) is 15.6 Å². The molecular weight excluding hydrogens is 301 g/mol. The molecule has 0 aliphatic heterocycles. The fourth-order valence-corrected chi connectivity index (χ4v) is 3.56. The van der Waals surface area contributed by atoms with E-state index in [1.165, 1.54) is 0 Å². The molecule has 1 aromatic heterocycles. The molecule has 0 aliphatic carbocycles. The molecule has 3 nitrogen and oxygen atoms in total. The molecule has 122 valence electrons. The van der Waals surface area contributed by atoms with Crippen molar-refractivity contribution in [2.24, 2.45) is 0 Å². The predicted octanol–water partition coefficient (Wildman–Crippen LogP) is 4.32. The van der Waals surface area contributed by atoms with E-state index in [1.807, 2.05) is 27.7 Å². The minimum atomic E-state index is -4.43. The normalized spacial score (nSPS) is 12.9. The largest absolute Gasteiger partial charge is 0.434 e. The van der Waals surface area contributed by atoms with E-state index in [1.54, 1.807) is 0 Å². The molecule has 21 heavy (non-hydrogen) atoms. The number of nitrogens with one attached hydrogen (secondary N) is 1. The maximum Gasteiger partial charge on any atom is 0.434 e. The highest BCUT2D eigenvalue weighted by Gasteiger charge is 2.41. The molecule has 0 saturated heterocycles. The van der Waals surface area contributed by atoms with Crippen molar-refractivity contribution in [2.75, 3.05) is 13.2 Å². The number of ether oxygens (including phenoxy) is 1. The van der Waals surface area contributed by atoms with Crippen LogP contribution in [-0.2, 0) is 23.1 Å². The zero-order chi connectivity index (χ0) is 16.1. The third kappa shape index (κ3) is 4.17. The highest BCUT2D eigenvalue weighted by atomic mass is 32.1. The summed E-state index contributed by atoms with van der Waals surface area (Å²) < 4.78 is 45.2. The van der Waals surface area contributed by atoms with Crippen LogP contribution in [0, 0.1) is 0 Å². The molecule has 0 aromatic carbocycles. The van der Waals surface area contributed by atoms with Crippen molar-refractivity contribution < 1.29 is 17.9 Å². The van der Waals surface area contributed by atoms with Crippen molar-refractivity contribution in [2.45, 2.75) is 58.9 Å². The summed E-state index contributed by atoms with van der Waals surface area (Å²) in [4.78, 5) is 4.12. The summed E-state index contributed by atoms with van der Waals surface area (Å²) in [5, 5.41) is 3.36. The Labute approximate surface area is 127 Å². The van der Waals surface area contributed by atoms with Gasteiger partial charge in [-0.15, -0.1) is 11.3 Å². The average Bonchev–Trinajstić information content (AvgIpc) is 2.87. The quantitative estimate of drug-likeness (QED) is 0.773. The van der Waals surface area contributed by atoms with Crippen molar-refractivity contribution in [3.63, 3.8) is 0 Å². The fourth-order valence-electron chi connectivity index (χ4n) is 2.22. The van der Waals surface area contributed by atoms with Gasteiger partial charge in [0.05, 0.1) is 4.88 Å². The Morgan fingerprint density at radius 2 is 1.76 bits per heavy atom. The number of hydrogen-bond acceptors (Lipinski definition) is 4. The Kier molecular flexibility index (Phi) is 6.62. The lowest BCUT2D eigenvalue weighted by atomic mass is 9.98. The van der Waals surface area contributed by atoms with Crippen molar-refractivity contribution in [3.8, 4) is 0 Å². The summed E-state index contributed by atoms with van der Waals surface area (Å²) in [6.07, 6.45) is -3.23. The summed E-state index contributed by atoms with van der Waals surface area (Å²) in [6, 6.07) is 0. The maximum atomic E-state index is 13.1. The van der Waals surface area contributed by atoms with Crippen LogP contribution in [0.3, 0.4) is 0 Å². The monoisotopic (exact) mass is 324 g/mol. The number of aromatic nitrogens is 1. The van der Waals surface area contributed by atoms with E-state index in [2.05, 4.69) is 10.3 Å². The number of hydrogen-bond donors (Lipinski definition) is 1. The Morgan fingerprint density at radius 1 is 1.14 bits per heavy atom. The van der Waals surface area contributed by atoms with Gasteiger partial charge in [0.1, 0.15) is 10.6 Å². The van der Waals surface area contributed by atoms with E-state index < -0.39 is 17.5 Å². The lowest BCUT2D eigenvalue weighted by Gasteiger charge is -2.29. The minimum absolute atomic E-state index is 0.179. The number of rotatable bonds is 8. The number of nitrogens with zero attached hydrogens (tertiary/aromatic N) is 1. The number of thiazole rings is 1. The zero-order valence-corrected chi connectivity index (χ0v) is 13.7. The summed E-state index contributed by atoms with van der Waals surface area (Å²) in [7, 11) is 0. The van der Waals surface area contributed by atoms with Crippen molar-refractivity contribution in [1.82, 2.24) is 10.3 Å². The van der Waals surface area contributed by atoms with Crippen LogP contribution in [0.25, 0.3) is 0 Å². The molecule has 0 fully saturated rings. The fraction of sp³-hybridized carbons (Fsp3) is 0.786. The summed E-state index contributed by atoms with van der Waals surface area (Å²) >= 11 is 1.10. The zero-order valence-electron chi connectivity index (χ0n) is 12.9. The molecule has 7 heteroatoms. The first-order valence-corrected chi connectivity index (χ1v) is 8.08. The SMILES string of the molecule is CCNCc1sc(C(CC)(CC)OCC)nc1C(F)(F)F. The molecule has 0 saturated carbocycles. The first kappa shape index (κ1) is 18.4. The van der Waals surface area contributed by atoms with Crippen LogP contribution in [0.4, 0.5) is 13.2 Å². The highest BCUT2D eigenvalue weighted by Crippen LogP contribution is 2.41. The van der Waals surface area contributed by atoms with E-state index in [-0.39, 0.29) is 11.4 Å². The van der Waals surface area contributed by atoms with Gasteiger partial charge in [0.25, 0.3) is 0 Å². The van der Waals surface area contributed by atoms with Gasteiger partial charge in [-0.1, -0.05) is 20.8 Å². The van der Waals surface area contributed by atoms with Gasteiger partial charge in [-0.2, -0.15) is 13.2 Å². The second-order valence-corrected chi connectivity index (χ2v) is 5.79. The first-order chi connectivity index (χ1) is 9.84. The van der Waals surface area contributed by atoms with Crippen LogP contribution in [0.2, 0.25) is 0 Å². The van der Waals surface area contributed by atoms with Gasteiger partial charge in [0, 0.05) is 13.2 Å². The Hall–Kier alpha value is -0.660. The summed E-state index contributed by atoms with van der Waals surface area (Å²) in [5.74, 6) is 0. The summed E-state index contributed by atoms with van der Waals surface area (Å²) in [5.41, 5.74) is -1.50. The van der Waals surface area contributed by atoms with Gasteiger partial charge in [0.2, 0.25) is 0 Å². The molecule has 1 N–H and O–H groups in total. The van der Waals surface area contributed by atoms with Gasteiger partial charge in [0.15, 0.2) is 5.69 Å².